The zero-order valence-electron chi connectivity index (χ0n) is 9.61. The molecule has 0 fully saturated rings. The molecule has 1 aliphatic carbocycles. The SMILES string of the molecule is CC1=CC(C)CC(C(O)c2ccc(Cl)s2)C1. The number of thiophene rings is 1. The van der Waals surface area contributed by atoms with Gasteiger partial charge in [-0.25, -0.2) is 0 Å². The molecule has 1 aliphatic rings. The average molecular weight is 257 g/mol. The van der Waals surface area contributed by atoms with Crippen molar-refractivity contribution in [2.75, 3.05) is 0 Å². The first-order chi connectivity index (χ1) is 7.56. The molecule has 88 valence electrons. The van der Waals surface area contributed by atoms with Gasteiger partial charge in [0, 0.05) is 4.88 Å². The molecular formula is C13H17ClOS. The molecule has 0 saturated carbocycles. The van der Waals surface area contributed by atoms with Gasteiger partial charge in [0.15, 0.2) is 0 Å². The van der Waals surface area contributed by atoms with Crippen LogP contribution in [0, 0.1) is 11.8 Å². The molecule has 3 heteroatoms. The van der Waals surface area contributed by atoms with Gasteiger partial charge in [0.1, 0.15) is 0 Å². The smallest absolute Gasteiger partial charge is 0.0932 e. The van der Waals surface area contributed by atoms with Crippen LogP contribution in [-0.2, 0) is 0 Å². The summed E-state index contributed by atoms with van der Waals surface area (Å²) in [6, 6.07) is 3.80. The highest BCUT2D eigenvalue weighted by Gasteiger charge is 2.26. The summed E-state index contributed by atoms with van der Waals surface area (Å²) in [6.45, 7) is 4.36. The fraction of sp³-hybridized carbons (Fsp3) is 0.538. The largest absolute Gasteiger partial charge is 0.387 e. The van der Waals surface area contributed by atoms with Crippen LogP contribution in [0.1, 0.15) is 37.7 Å². The van der Waals surface area contributed by atoms with Gasteiger partial charge in [-0.1, -0.05) is 30.2 Å². The van der Waals surface area contributed by atoms with Crippen LogP contribution in [0.25, 0.3) is 0 Å². The van der Waals surface area contributed by atoms with E-state index in [4.69, 9.17) is 11.6 Å². The Kier molecular flexibility index (Phi) is 3.73. The monoisotopic (exact) mass is 256 g/mol. The maximum Gasteiger partial charge on any atom is 0.0932 e. The highest BCUT2D eigenvalue weighted by molar-refractivity contribution is 7.16. The molecule has 0 aromatic carbocycles. The second-order valence-corrected chi connectivity index (χ2v) is 6.52. The number of aliphatic hydroxyl groups is 1. The summed E-state index contributed by atoms with van der Waals surface area (Å²) < 4.78 is 0.755. The molecule has 1 aromatic heterocycles. The van der Waals surface area contributed by atoms with Gasteiger partial charge in [-0.2, -0.15) is 0 Å². The maximum atomic E-state index is 10.3. The molecule has 1 aromatic rings. The summed E-state index contributed by atoms with van der Waals surface area (Å²) in [4.78, 5) is 0.997. The van der Waals surface area contributed by atoms with Gasteiger partial charge in [-0.3, -0.25) is 0 Å². The topological polar surface area (TPSA) is 20.2 Å². The quantitative estimate of drug-likeness (QED) is 0.777. The minimum absolute atomic E-state index is 0.342. The first kappa shape index (κ1) is 12.2. The van der Waals surface area contributed by atoms with E-state index in [9.17, 15) is 5.11 Å². The minimum atomic E-state index is -0.358. The lowest BCUT2D eigenvalue weighted by Gasteiger charge is -2.28. The van der Waals surface area contributed by atoms with Crippen molar-refractivity contribution >= 4 is 22.9 Å². The van der Waals surface area contributed by atoms with Gasteiger partial charge in [0.25, 0.3) is 0 Å². The van der Waals surface area contributed by atoms with E-state index in [1.54, 1.807) is 0 Å². The summed E-state index contributed by atoms with van der Waals surface area (Å²) in [5.74, 6) is 0.915. The predicted octanol–water partition coefficient (Wildman–Crippen LogP) is 4.43. The van der Waals surface area contributed by atoms with E-state index in [1.807, 2.05) is 12.1 Å². The average Bonchev–Trinajstić information content (AvgIpc) is 2.62. The van der Waals surface area contributed by atoms with Crippen LogP contribution in [0.5, 0.6) is 0 Å². The van der Waals surface area contributed by atoms with Crippen LogP contribution >= 0.6 is 22.9 Å². The van der Waals surface area contributed by atoms with Crippen LogP contribution in [0.2, 0.25) is 4.34 Å². The molecule has 16 heavy (non-hydrogen) atoms. The Balaban J connectivity index is 2.11. The second-order valence-electron chi connectivity index (χ2n) is 4.78. The Labute approximate surface area is 106 Å². The highest BCUT2D eigenvalue weighted by atomic mass is 35.5. The van der Waals surface area contributed by atoms with Crippen LogP contribution in [-0.4, -0.2) is 5.11 Å². The molecule has 0 aliphatic heterocycles. The third kappa shape index (κ3) is 2.68. The van der Waals surface area contributed by atoms with Crippen molar-refractivity contribution in [1.82, 2.24) is 0 Å². The molecular weight excluding hydrogens is 240 g/mol. The van der Waals surface area contributed by atoms with Gasteiger partial charge in [0.2, 0.25) is 0 Å². The lowest BCUT2D eigenvalue weighted by Crippen LogP contribution is -2.18. The van der Waals surface area contributed by atoms with E-state index in [-0.39, 0.29) is 6.10 Å². The molecule has 0 bridgehead atoms. The Morgan fingerprint density at radius 2 is 2.25 bits per heavy atom. The molecule has 1 heterocycles. The molecule has 0 radical (unpaired) electrons. The summed E-state index contributed by atoms with van der Waals surface area (Å²) in [7, 11) is 0. The normalized spacial score (nSPS) is 27.6. The third-order valence-electron chi connectivity index (χ3n) is 3.16. The zero-order valence-corrected chi connectivity index (χ0v) is 11.2. The summed E-state index contributed by atoms with van der Waals surface area (Å²) in [6.07, 6.45) is 4.02. The lowest BCUT2D eigenvalue weighted by molar-refractivity contribution is 0.0964. The Morgan fingerprint density at radius 3 is 2.81 bits per heavy atom. The number of allylic oxidation sites excluding steroid dienone is 2. The minimum Gasteiger partial charge on any atom is -0.387 e. The van der Waals surface area contributed by atoms with E-state index < -0.39 is 0 Å². The van der Waals surface area contributed by atoms with Gasteiger partial charge in [0.05, 0.1) is 10.4 Å². The van der Waals surface area contributed by atoms with Crippen molar-refractivity contribution in [3.8, 4) is 0 Å². The molecule has 3 atom stereocenters. The van der Waals surface area contributed by atoms with E-state index in [2.05, 4.69) is 19.9 Å². The van der Waals surface area contributed by atoms with Crippen LogP contribution < -0.4 is 0 Å². The molecule has 1 nitrogen and oxygen atoms in total. The molecule has 0 amide bonds. The Bertz CT molecular complexity index is 396. The standard InChI is InChI=1S/C13H17ClOS/c1-8-5-9(2)7-10(6-8)13(15)11-3-4-12(14)16-11/h3-5,8,10,13,15H,6-7H2,1-2H3. The van der Waals surface area contributed by atoms with Crippen molar-refractivity contribution in [2.24, 2.45) is 11.8 Å². The van der Waals surface area contributed by atoms with Gasteiger partial charge in [-0.15, -0.1) is 11.3 Å². The van der Waals surface area contributed by atoms with Crippen molar-refractivity contribution in [2.45, 2.75) is 32.8 Å². The maximum absolute atomic E-state index is 10.3. The van der Waals surface area contributed by atoms with E-state index in [1.165, 1.54) is 16.9 Å². The van der Waals surface area contributed by atoms with Crippen LogP contribution in [0.15, 0.2) is 23.8 Å². The second kappa shape index (κ2) is 4.91. The van der Waals surface area contributed by atoms with Crippen LogP contribution in [0.4, 0.5) is 0 Å². The number of aliphatic hydroxyl groups excluding tert-OH is 1. The lowest BCUT2D eigenvalue weighted by atomic mass is 9.80. The van der Waals surface area contributed by atoms with Crippen LogP contribution in [0.3, 0.4) is 0 Å². The number of hydrogen-bond donors (Lipinski definition) is 1. The molecule has 2 rings (SSSR count). The predicted molar refractivity (Wildman–Crippen MR) is 69.9 cm³/mol. The van der Waals surface area contributed by atoms with Gasteiger partial charge in [-0.05, 0) is 43.7 Å². The third-order valence-corrected chi connectivity index (χ3v) is 4.46. The summed E-state index contributed by atoms with van der Waals surface area (Å²) in [5, 5.41) is 10.3. The molecule has 1 N–H and O–H groups in total. The Hall–Kier alpha value is -0.310. The van der Waals surface area contributed by atoms with Crippen molar-refractivity contribution in [3.05, 3.63) is 33.0 Å². The number of hydrogen-bond acceptors (Lipinski definition) is 2. The molecule has 3 unspecified atom stereocenters. The van der Waals surface area contributed by atoms with Crippen molar-refractivity contribution in [3.63, 3.8) is 0 Å². The molecule has 0 spiro atoms. The number of halogens is 1. The first-order valence-electron chi connectivity index (χ1n) is 5.67. The fourth-order valence-corrected chi connectivity index (χ4v) is 3.70. The Morgan fingerprint density at radius 1 is 1.50 bits per heavy atom. The summed E-state index contributed by atoms with van der Waals surface area (Å²) in [5.41, 5.74) is 1.39. The van der Waals surface area contributed by atoms with Gasteiger partial charge >= 0.3 is 0 Å². The zero-order chi connectivity index (χ0) is 11.7. The van der Waals surface area contributed by atoms with Crippen molar-refractivity contribution in [1.29, 1.82) is 0 Å². The number of rotatable bonds is 2. The first-order valence-corrected chi connectivity index (χ1v) is 6.86. The highest BCUT2D eigenvalue weighted by Crippen LogP contribution is 2.39. The fourth-order valence-electron chi connectivity index (χ4n) is 2.56. The van der Waals surface area contributed by atoms with E-state index in [0.29, 0.717) is 11.8 Å². The van der Waals surface area contributed by atoms with E-state index in [0.717, 1.165) is 22.1 Å². The molecule has 0 saturated heterocycles. The summed E-state index contributed by atoms with van der Waals surface area (Å²) >= 11 is 7.38. The van der Waals surface area contributed by atoms with E-state index >= 15 is 0 Å². The van der Waals surface area contributed by atoms with Gasteiger partial charge < -0.3 is 5.11 Å². The van der Waals surface area contributed by atoms with Crippen molar-refractivity contribution < 1.29 is 5.11 Å².